The highest BCUT2D eigenvalue weighted by atomic mass is 16.6. The van der Waals surface area contributed by atoms with Gasteiger partial charge in [-0.3, -0.25) is 15.3 Å². The summed E-state index contributed by atoms with van der Waals surface area (Å²) in [6.07, 6.45) is 9.15. The molecular formula is C26H26N2O. The van der Waals surface area contributed by atoms with Crippen molar-refractivity contribution < 1.29 is 4.84 Å². The second kappa shape index (κ2) is 7.49. The summed E-state index contributed by atoms with van der Waals surface area (Å²) in [5.74, 6) is 0. The molecule has 0 radical (unpaired) electrons. The fraction of sp³-hybridized carbons (Fsp3) is 0.269. The Kier molecular flexibility index (Phi) is 4.69. The zero-order valence-corrected chi connectivity index (χ0v) is 16.8. The number of allylic oxidation sites excluding steroid dienone is 4. The number of nitrogens with zero attached hydrogens (tertiary/aromatic N) is 1. The first-order chi connectivity index (χ1) is 14.3. The maximum absolute atomic E-state index is 5.30. The lowest BCUT2D eigenvalue weighted by Crippen LogP contribution is -2.30. The van der Waals surface area contributed by atoms with E-state index in [1.165, 1.54) is 34.3 Å². The highest BCUT2D eigenvalue weighted by Gasteiger charge is 2.38. The van der Waals surface area contributed by atoms with E-state index in [-0.39, 0.29) is 5.41 Å². The van der Waals surface area contributed by atoms with Crippen molar-refractivity contribution in [2.45, 2.75) is 31.1 Å². The van der Waals surface area contributed by atoms with Crippen molar-refractivity contribution in [3.8, 4) is 0 Å². The fourth-order valence-electron chi connectivity index (χ4n) is 4.72. The molecule has 0 aromatic heterocycles. The zero-order valence-electron chi connectivity index (χ0n) is 16.8. The first-order valence-corrected chi connectivity index (χ1v) is 10.4. The van der Waals surface area contributed by atoms with E-state index in [2.05, 4.69) is 78.3 Å². The summed E-state index contributed by atoms with van der Waals surface area (Å²) in [5, 5.41) is 0. The summed E-state index contributed by atoms with van der Waals surface area (Å²) < 4.78 is 0. The van der Waals surface area contributed by atoms with Crippen LogP contribution in [0.25, 0.3) is 0 Å². The summed E-state index contributed by atoms with van der Waals surface area (Å²) in [5.41, 5.74) is 11.9. The van der Waals surface area contributed by atoms with Gasteiger partial charge >= 0.3 is 0 Å². The molecular weight excluding hydrogens is 356 g/mol. The normalized spacial score (nSPS) is 19.5. The van der Waals surface area contributed by atoms with Crippen molar-refractivity contribution in [3.63, 3.8) is 0 Å². The van der Waals surface area contributed by atoms with Crippen LogP contribution in [0.3, 0.4) is 0 Å². The fourth-order valence-corrected chi connectivity index (χ4v) is 4.72. The van der Waals surface area contributed by atoms with Gasteiger partial charge in [-0.2, -0.15) is 0 Å². The average Bonchev–Trinajstić information content (AvgIpc) is 3.16. The van der Waals surface area contributed by atoms with Gasteiger partial charge in [-0.1, -0.05) is 72.8 Å². The Hall–Kier alpha value is -2.91. The summed E-state index contributed by atoms with van der Waals surface area (Å²) in [6, 6.07) is 21.7. The van der Waals surface area contributed by atoms with Crippen molar-refractivity contribution in [1.82, 2.24) is 5.48 Å². The molecule has 146 valence electrons. The molecule has 0 bridgehead atoms. The van der Waals surface area contributed by atoms with Gasteiger partial charge in [0.2, 0.25) is 0 Å². The van der Waals surface area contributed by atoms with Gasteiger partial charge in [0.15, 0.2) is 0 Å². The predicted octanol–water partition coefficient (Wildman–Crippen LogP) is 5.27. The molecule has 0 unspecified atom stereocenters. The smallest absolute Gasteiger partial charge is 0.0904 e. The number of aliphatic imine (C=N–C) groups is 1. The van der Waals surface area contributed by atoms with Crippen LogP contribution >= 0.6 is 0 Å². The van der Waals surface area contributed by atoms with E-state index in [1.807, 2.05) is 0 Å². The van der Waals surface area contributed by atoms with E-state index < -0.39 is 0 Å². The van der Waals surface area contributed by atoms with Crippen molar-refractivity contribution in [2.75, 3.05) is 13.7 Å². The molecule has 0 atom stereocenters. The largest absolute Gasteiger partial charge is 0.279 e. The van der Waals surface area contributed by atoms with Crippen molar-refractivity contribution >= 4 is 5.71 Å². The lowest BCUT2D eigenvalue weighted by atomic mass is 9.67. The van der Waals surface area contributed by atoms with Crippen molar-refractivity contribution in [3.05, 3.63) is 106 Å². The van der Waals surface area contributed by atoms with Crippen molar-refractivity contribution in [1.29, 1.82) is 0 Å². The Labute approximate surface area is 172 Å². The molecule has 3 nitrogen and oxygen atoms in total. The molecule has 5 rings (SSSR count). The molecule has 0 saturated heterocycles. The van der Waals surface area contributed by atoms with Gasteiger partial charge in [0.05, 0.1) is 25.1 Å². The lowest BCUT2D eigenvalue weighted by molar-refractivity contribution is 0.121. The van der Waals surface area contributed by atoms with E-state index in [1.54, 1.807) is 7.11 Å². The minimum Gasteiger partial charge on any atom is -0.279 e. The van der Waals surface area contributed by atoms with Crippen LogP contribution in [-0.2, 0) is 10.3 Å². The van der Waals surface area contributed by atoms with Gasteiger partial charge in [0.25, 0.3) is 0 Å². The third kappa shape index (κ3) is 3.06. The van der Waals surface area contributed by atoms with Crippen LogP contribution in [0, 0.1) is 0 Å². The quantitative estimate of drug-likeness (QED) is 0.715. The number of hydroxylamine groups is 1. The molecule has 1 saturated carbocycles. The van der Waals surface area contributed by atoms with Gasteiger partial charge in [-0.15, -0.1) is 0 Å². The Morgan fingerprint density at radius 3 is 2.17 bits per heavy atom. The minimum absolute atomic E-state index is 0.148. The summed E-state index contributed by atoms with van der Waals surface area (Å²) in [7, 11) is 1.68. The second-order valence-electron chi connectivity index (χ2n) is 8.03. The third-order valence-corrected chi connectivity index (χ3v) is 6.42. The van der Waals surface area contributed by atoms with Crippen LogP contribution in [-0.4, -0.2) is 19.4 Å². The van der Waals surface area contributed by atoms with Crippen molar-refractivity contribution in [2.24, 2.45) is 4.99 Å². The monoisotopic (exact) mass is 382 g/mol. The Bertz CT molecular complexity index is 983. The van der Waals surface area contributed by atoms with Crippen LogP contribution in [0.15, 0.2) is 100 Å². The summed E-state index contributed by atoms with van der Waals surface area (Å²) >= 11 is 0. The van der Waals surface area contributed by atoms with Gasteiger partial charge in [0.1, 0.15) is 0 Å². The zero-order chi connectivity index (χ0) is 19.7. The summed E-state index contributed by atoms with van der Waals surface area (Å²) in [6.45, 7) is 0.762. The Morgan fingerprint density at radius 2 is 1.62 bits per heavy atom. The average molecular weight is 383 g/mol. The number of benzene rings is 2. The molecule has 3 heteroatoms. The third-order valence-electron chi connectivity index (χ3n) is 6.42. The molecule has 0 spiro atoms. The first kappa shape index (κ1) is 18.1. The van der Waals surface area contributed by atoms with Crippen LogP contribution in [0.5, 0.6) is 0 Å². The van der Waals surface area contributed by atoms with E-state index in [0.29, 0.717) is 0 Å². The van der Waals surface area contributed by atoms with E-state index in [9.17, 15) is 0 Å². The number of hydrogen-bond acceptors (Lipinski definition) is 3. The molecule has 2 aromatic carbocycles. The molecule has 0 amide bonds. The molecule has 2 aliphatic carbocycles. The predicted molar refractivity (Wildman–Crippen MR) is 118 cm³/mol. The van der Waals surface area contributed by atoms with E-state index in [4.69, 9.17) is 9.83 Å². The SMILES string of the molecule is CONC(C1=NCC2=C1C=CC(c1ccccc1)(c1ccccc1)C2)=C1CCC1. The molecule has 1 N–H and O–H groups in total. The molecule has 29 heavy (non-hydrogen) atoms. The van der Waals surface area contributed by atoms with Gasteiger partial charge < -0.3 is 0 Å². The number of hydrogen-bond donors (Lipinski definition) is 1. The van der Waals surface area contributed by atoms with E-state index in [0.717, 1.165) is 37.2 Å². The lowest BCUT2D eigenvalue weighted by Gasteiger charge is -2.35. The standard InChI is InChI=1S/C26H26N2O/c1-29-28-24(19-9-8-10-19)25-23-15-16-26(17-20(23)18-27-25,21-11-4-2-5-12-21)22-13-6-3-7-14-22/h2-7,11-16,28H,8-10,17-18H2,1H3. The first-order valence-electron chi connectivity index (χ1n) is 10.4. The minimum atomic E-state index is -0.148. The molecule has 2 aromatic rings. The second-order valence-corrected chi connectivity index (χ2v) is 8.03. The van der Waals surface area contributed by atoms with Crippen LogP contribution in [0.1, 0.15) is 36.8 Å². The molecule has 1 heterocycles. The Balaban J connectivity index is 1.55. The summed E-state index contributed by atoms with van der Waals surface area (Å²) in [4.78, 5) is 10.2. The van der Waals surface area contributed by atoms with E-state index >= 15 is 0 Å². The van der Waals surface area contributed by atoms with Crippen LogP contribution in [0.2, 0.25) is 0 Å². The molecule has 1 fully saturated rings. The Morgan fingerprint density at radius 1 is 0.966 bits per heavy atom. The maximum atomic E-state index is 5.30. The maximum Gasteiger partial charge on any atom is 0.0904 e. The highest BCUT2D eigenvalue weighted by molar-refractivity contribution is 6.16. The number of nitrogens with one attached hydrogen (secondary N) is 1. The number of rotatable bonds is 5. The van der Waals surface area contributed by atoms with Crippen LogP contribution < -0.4 is 5.48 Å². The molecule has 3 aliphatic rings. The van der Waals surface area contributed by atoms with Gasteiger partial charge in [-0.05, 0) is 48.0 Å². The topological polar surface area (TPSA) is 33.6 Å². The van der Waals surface area contributed by atoms with Gasteiger partial charge in [-0.25, -0.2) is 0 Å². The molecule has 1 aliphatic heterocycles. The highest BCUT2D eigenvalue weighted by Crippen LogP contribution is 2.45. The van der Waals surface area contributed by atoms with Gasteiger partial charge in [0, 0.05) is 11.0 Å². The van der Waals surface area contributed by atoms with Crippen LogP contribution in [0.4, 0.5) is 0 Å².